The third kappa shape index (κ3) is 1.15. The van der Waals surface area contributed by atoms with E-state index >= 15 is 0 Å². The van der Waals surface area contributed by atoms with Crippen molar-refractivity contribution < 1.29 is 0 Å². The van der Waals surface area contributed by atoms with Gasteiger partial charge in [0, 0.05) is 30.6 Å². The topological polar surface area (TPSA) is 3.24 Å². The lowest BCUT2D eigenvalue weighted by atomic mass is 10.3. The minimum absolute atomic E-state index is 0.425. The Bertz CT molecular complexity index is 336. The molecule has 1 saturated heterocycles. The molecule has 3 heteroatoms. The first-order valence-corrected chi connectivity index (χ1v) is 5.63. The van der Waals surface area contributed by atoms with E-state index in [0.29, 0.717) is 11.8 Å². The molecule has 74 valence electrons. The van der Waals surface area contributed by atoms with Gasteiger partial charge in [-0.3, -0.25) is 0 Å². The van der Waals surface area contributed by atoms with Gasteiger partial charge in [-0.25, -0.2) is 0 Å². The zero-order valence-corrected chi connectivity index (χ0v) is 9.17. The molecule has 0 bridgehead atoms. The van der Waals surface area contributed by atoms with E-state index in [0.717, 1.165) is 13.1 Å². The average molecular weight is 228 g/mol. The van der Waals surface area contributed by atoms with E-state index in [1.54, 1.807) is 0 Å². The molecule has 14 heavy (non-hydrogen) atoms. The van der Waals surface area contributed by atoms with Crippen LogP contribution in [0.2, 0.25) is 0 Å². The zero-order valence-electron chi connectivity index (χ0n) is 7.66. The molecule has 2 aliphatic rings. The average Bonchev–Trinajstić information content (AvgIpc) is 2.62. The number of benzene rings is 1. The summed E-state index contributed by atoms with van der Waals surface area (Å²) >= 11 is 12.2. The number of halogens is 2. The fourth-order valence-corrected chi connectivity index (χ4v) is 3.12. The van der Waals surface area contributed by atoms with Gasteiger partial charge in [0.05, 0.1) is 0 Å². The third-order valence-corrected chi connectivity index (χ3v) is 4.44. The summed E-state index contributed by atoms with van der Waals surface area (Å²) in [6.45, 7) is 2.00. The predicted octanol–water partition coefficient (Wildman–Crippen LogP) is 2.93. The van der Waals surface area contributed by atoms with Gasteiger partial charge >= 0.3 is 0 Å². The van der Waals surface area contributed by atoms with Gasteiger partial charge in [-0.05, 0) is 12.1 Å². The normalized spacial score (nSPS) is 32.9. The molecule has 0 radical (unpaired) electrons. The van der Waals surface area contributed by atoms with Gasteiger partial charge in [0.1, 0.15) is 4.33 Å². The van der Waals surface area contributed by atoms with Crippen molar-refractivity contribution in [1.82, 2.24) is 0 Å². The van der Waals surface area contributed by atoms with Crippen molar-refractivity contribution in [3.05, 3.63) is 30.3 Å². The van der Waals surface area contributed by atoms with Crippen molar-refractivity contribution in [2.75, 3.05) is 18.0 Å². The molecule has 1 saturated carbocycles. The number of alkyl halides is 2. The molecule has 3 rings (SSSR count). The quantitative estimate of drug-likeness (QED) is 0.668. The SMILES string of the molecule is ClC1(Cl)[C@@H]2CN(c3ccccc3)C[C@@H]21. The minimum Gasteiger partial charge on any atom is -0.371 e. The zero-order chi connectivity index (χ0) is 9.76. The summed E-state index contributed by atoms with van der Waals surface area (Å²) in [5.41, 5.74) is 1.28. The largest absolute Gasteiger partial charge is 0.371 e. The number of piperidine rings is 1. The summed E-state index contributed by atoms with van der Waals surface area (Å²) in [7, 11) is 0. The Morgan fingerprint density at radius 1 is 1.07 bits per heavy atom. The monoisotopic (exact) mass is 227 g/mol. The Kier molecular flexibility index (Phi) is 1.78. The van der Waals surface area contributed by atoms with E-state index in [2.05, 4.69) is 29.2 Å². The first-order chi connectivity index (χ1) is 6.69. The number of anilines is 1. The fourth-order valence-electron chi connectivity index (χ4n) is 2.36. The highest BCUT2D eigenvalue weighted by molar-refractivity contribution is 6.51. The van der Waals surface area contributed by atoms with Crippen LogP contribution in [-0.2, 0) is 0 Å². The maximum atomic E-state index is 6.10. The van der Waals surface area contributed by atoms with Gasteiger partial charge in [-0.1, -0.05) is 18.2 Å². The molecule has 0 amide bonds. The van der Waals surface area contributed by atoms with Crippen molar-refractivity contribution in [1.29, 1.82) is 0 Å². The standard InChI is InChI=1S/C11H11Cl2N/c12-11(13)9-6-14(7-10(9)11)8-4-2-1-3-5-8/h1-5,9-10H,6-7H2/t9-,10+. The van der Waals surface area contributed by atoms with Crippen LogP contribution in [0.1, 0.15) is 0 Å². The van der Waals surface area contributed by atoms with Crippen molar-refractivity contribution >= 4 is 28.9 Å². The smallest absolute Gasteiger partial charge is 0.128 e. The van der Waals surface area contributed by atoms with Gasteiger partial charge in [-0.15, -0.1) is 23.2 Å². The van der Waals surface area contributed by atoms with Gasteiger partial charge < -0.3 is 4.90 Å². The lowest BCUT2D eigenvalue weighted by molar-refractivity contribution is 0.796. The van der Waals surface area contributed by atoms with Gasteiger partial charge in [0.15, 0.2) is 0 Å². The van der Waals surface area contributed by atoms with Crippen LogP contribution in [0, 0.1) is 11.8 Å². The Hall–Kier alpha value is -0.400. The summed E-state index contributed by atoms with van der Waals surface area (Å²) in [6.07, 6.45) is 0. The number of para-hydroxylation sites is 1. The molecule has 0 aromatic heterocycles. The maximum absolute atomic E-state index is 6.10. The molecule has 2 fully saturated rings. The molecule has 1 aliphatic carbocycles. The van der Waals surface area contributed by atoms with Crippen LogP contribution < -0.4 is 4.90 Å². The maximum Gasteiger partial charge on any atom is 0.128 e. The lowest BCUT2D eigenvalue weighted by Gasteiger charge is -2.22. The summed E-state index contributed by atoms with van der Waals surface area (Å²) in [5.74, 6) is 0.956. The highest BCUT2D eigenvalue weighted by Crippen LogP contribution is 2.62. The first-order valence-electron chi connectivity index (χ1n) is 4.87. The van der Waals surface area contributed by atoms with E-state index in [1.807, 2.05) is 6.07 Å². The van der Waals surface area contributed by atoms with Gasteiger partial charge in [0.25, 0.3) is 0 Å². The second kappa shape index (κ2) is 2.80. The van der Waals surface area contributed by atoms with Crippen molar-refractivity contribution in [3.63, 3.8) is 0 Å². The highest BCUT2D eigenvalue weighted by atomic mass is 35.5. The predicted molar refractivity (Wildman–Crippen MR) is 60.1 cm³/mol. The number of hydrogen-bond donors (Lipinski definition) is 0. The Labute approximate surface area is 93.6 Å². The second-order valence-electron chi connectivity index (χ2n) is 4.13. The Morgan fingerprint density at radius 2 is 1.64 bits per heavy atom. The van der Waals surface area contributed by atoms with Gasteiger partial charge in [0.2, 0.25) is 0 Å². The van der Waals surface area contributed by atoms with E-state index < -0.39 is 4.33 Å². The van der Waals surface area contributed by atoms with Crippen molar-refractivity contribution in [3.8, 4) is 0 Å². The van der Waals surface area contributed by atoms with Crippen molar-refractivity contribution in [2.45, 2.75) is 4.33 Å². The number of nitrogens with zero attached hydrogens (tertiary/aromatic N) is 1. The van der Waals surface area contributed by atoms with Crippen LogP contribution in [-0.4, -0.2) is 17.4 Å². The first kappa shape index (κ1) is 8.87. The molecular weight excluding hydrogens is 217 g/mol. The molecule has 2 atom stereocenters. The minimum atomic E-state index is -0.425. The van der Waals surface area contributed by atoms with Crippen LogP contribution in [0.25, 0.3) is 0 Å². The van der Waals surface area contributed by atoms with Crippen molar-refractivity contribution in [2.24, 2.45) is 11.8 Å². The molecule has 1 nitrogen and oxygen atoms in total. The van der Waals surface area contributed by atoms with E-state index in [1.165, 1.54) is 5.69 Å². The molecule has 1 aliphatic heterocycles. The molecule has 0 unspecified atom stereocenters. The molecule has 0 spiro atoms. The summed E-state index contributed by atoms with van der Waals surface area (Å²) in [4.78, 5) is 2.36. The van der Waals surface area contributed by atoms with Crippen LogP contribution in [0.4, 0.5) is 5.69 Å². The number of hydrogen-bond acceptors (Lipinski definition) is 1. The summed E-state index contributed by atoms with van der Waals surface area (Å²) in [6, 6.07) is 10.4. The molecular formula is C11H11Cl2N. The second-order valence-corrected chi connectivity index (χ2v) is 5.57. The summed E-state index contributed by atoms with van der Waals surface area (Å²) in [5, 5.41) is 0. The Morgan fingerprint density at radius 3 is 2.21 bits per heavy atom. The molecule has 1 heterocycles. The highest BCUT2D eigenvalue weighted by Gasteiger charge is 2.67. The lowest BCUT2D eigenvalue weighted by Crippen LogP contribution is -2.26. The Balaban J connectivity index is 1.76. The van der Waals surface area contributed by atoms with Crippen LogP contribution in [0.5, 0.6) is 0 Å². The molecule has 1 aromatic carbocycles. The number of fused-ring (bicyclic) bond motifs is 1. The van der Waals surface area contributed by atoms with E-state index in [4.69, 9.17) is 23.2 Å². The van der Waals surface area contributed by atoms with E-state index in [9.17, 15) is 0 Å². The summed E-state index contributed by atoms with van der Waals surface area (Å²) < 4.78 is -0.425. The van der Waals surface area contributed by atoms with Gasteiger partial charge in [-0.2, -0.15) is 0 Å². The van der Waals surface area contributed by atoms with Crippen LogP contribution in [0.3, 0.4) is 0 Å². The molecule has 0 N–H and O–H groups in total. The molecule has 1 aromatic rings. The number of rotatable bonds is 1. The van der Waals surface area contributed by atoms with Crippen LogP contribution >= 0.6 is 23.2 Å². The third-order valence-electron chi connectivity index (χ3n) is 3.32. The van der Waals surface area contributed by atoms with E-state index in [-0.39, 0.29) is 0 Å². The fraction of sp³-hybridized carbons (Fsp3) is 0.455. The van der Waals surface area contributed by atoms with Crippen LogP contribution in [0.15, 0.2) is 30.3 Å².